The van der Waals surface area contributed by atoms with Crippen LogP contribution in [0.1, 0.15) is 25.6 Å². The molecule has 0 unspecified atom stereocenters. The summed E-state index contributed by atoms with van der Waals surface area (Å²) in [4.78, 5) is 25.6. The highest BCUT2D eigenvalue weighted by Gasteiger charge is 2.28. The van der Waals surface area contributed by atoms with Crippen molar-refractivity contribution in [2.75, 3.05) is 46.4 Å². The molecule has 28 heavy (non-hydrogen) atoms. The molecule has 150 valence electrons. The molecule has 1 aliphatic heterocycles. The molecular weight excluding hydrogens is 356 g/mol. The summed E-state index contributed by atoms with van der Waals surface area (Å²) in [5.41, 5.74) is 2.56. The second kappa shape index (κ2) is 9.61. The van der Waals surface area contributed by atoms with Crippen LogP contribution in [0.5, 0.6) is 5.75 Å². The van der Waals surface area contributed by atoms with Crippen molar-refractivity contribution in [1.29, 1.82) is 0 Å². The van der Waals surface area contributed by atoms with E-state index in [1.165, 1.54) is 0 Å². The Morgan fingerprint density at radius 3 is 2.61 bits per heavy atom. The van der Waals surface area contributed by atoms with Gasteiger partial charge in [-0.15, -0.1) is 0 Å². The topological polar surface area (TPSA) is 67.8 Å². The van der Waals surface area contributed by atoms with Crippen LogP contribution in [0, 0.1) is 0 Å². The van der Waals surface area contributed by atoms with Gasteiger partial charge in [0.1, 0.15) is 11.9 Å². The zero-order valence-corrected chi connectivity index (χ0v) is 16.8. The maximum atomic E-state index is 12.5. The lowest BCUT2D eigenvalue weighted by Crippen LogP contribution is -2.45. The lowest BCUT2D eigenvalue weighted by molar-refractivity contribution is -0.134. The zero-order valence-electron chi connectivity index (χ0n) is 16.8. The predicted molar refractivity (Wildman–Crippen MR) is 107 cm³/mol. The summed E-state index contributed by atoms with van der Waals surface area (Å²) in [5, 5.41) is 0. The average Bonchev–Trinajstić information content (AvgIpc) is 2.75. The fourth-order valence-electron chi connectivity index (χ4n) is 3.43. The molecule has 1 atom stereocenters. The molecular formula is C21H28N4O3. The predicted octanol–water partition coefficient (Wildman–Crippen LogP) is 2.39. The number of amides is 1. The molecule has 0 aliphatic carbocycles. The number of hydrogen-bond acceptors (Lipinski definition) is 6. The molecule has 0 radical (unpaired) electrons. The number of ether oxygens (including phenoxy) is 2. The number of methoxy groups -OCH3 is 1. The van der Waals surface area contributed by atoms with E-state index < -0.39 is 0 Å². The van der Waals surface area contributed by atoms with Gasteiger partial charge < -0.3 is 14.4 Å². The van der Waals surface area contributed by atoms with Crippen molar-refractivity contribution in [2.45, 2.75) is 20.0 Å². The number of likely N-dealkylation sites (N-methyl/N-ethyl adjacent to an activating group) is 1. The maximum Gasteiger partial charge on any atom is 0.236 e. The molecule has 1 aromatic heterocycles. The molecule has 7 nitrogen and oxygen atoms in total. The Kier molecular flexibility index (Phi) is 6.95. The molecule has 0 spiro atoms. The van der Waals surface area contributed by atoms with Gasteiger partial charge in [-0.05, 0) is 38.1 Å². The fraction of sp³-hybridized carbons (Fsp3) is 0.476. The van der Waals surface area contributed by atoms with Gasteiger partial charge in [-0.3, -0.25) is 19.7 Å². The quantitative estimate of drug-likeness (QED) is 0.730. The van der Waals surface area contributed by atoms with E-state index in [0.717, 1.165) is 42.3 Å². The minimum atomic E-state index is -0.218. The summed E-state index contributed by atoms with van der Waals surface area (Å²) in [6.45, 7) is 7.79. The molecule has 1 saturated heterocycles. The van der Waals surface area contributed by atoms with Gasteiger partial charge in [-0.2, -0.15) is 0 Å². The van der Waals surface area contributed by atoms with Crippen LogP contribution >= 0.6 is 0 Å². The molecule has 1 fully saturated rings. The van der Waals surface area contributed by atoms with E-state index in [1.54, 1.807) is 19.5 Å². The highest BCUT2D eigenvalue weighted by molar-refractivity contribution is 5.78. The molecule has 2 aromatic rings. The molecule has 0 bridgehead atoms. The SMILES string of the molecule is CCN(CC)C(=O)CN1CCO[C@H](c2nccnc2-c2ccc(OC)cc2)C1. The molecule has 1 aliphatic rings. The Hall–Kier alpha value is -2.51. The Morgan fingerprint density at radius 2 is 1.93 bits per heavy atom. The third-order valence-electron chi connectivity index (χ3n) is 5.02. The first-order valence-electron chi connectivity index (χ1n) is 9.73. The molecule has 2 heterocycles. The standard InChI is InChI=1S/C21H28N4O3/c1-4-25(5-2)19(26)15-24-12-13-28-18(14-24)21-20(22-10-11-23-21)16-6-8-17(27-3)9-7-16/h6-11,18H,4-5,12-15H2,1-3H3/t18-/m0/s1. The van der Waals surface area contributed by atoms with E-state index in [0.29, 0.717) is 19.7 Å². The second-order valence-electron chi connectivity index (χ2n) is 6.68. The zero-order chi connectivity index (χ0) is 19.9. The van der Waals surface area contributed by atoms with Crippen molar-refractivity contribution in [3.05, 3.63) is 42.4 Å². The lowest BCUT2D eigenvalue weighted by atomic mass is 10.0. The third-order valence-corrected chi connectivity index (χ3v) is 5.02. The number of carbonyl (C=O) groups is 1. The van der Waals surface area contributed by atoms with Crippen LogP contribution in [0.4, 0.5) is 0 Å². The third kappa shape index (κ3) is 4.66. The van der Waals surface area contributed by atoms with Crippen molar-refractivity contribution < 1.29 is 14.3 Å². The first-order valence-corrected chi connectivity index (χ1v) is 9.73. The van der Waals surface area contributed by atoms with Crippen LogP contribution in [0.2, 0.25) is 0 Å². The van der Waals surface area contributed by atoms with Gasteiger partial charge in [0, 0.05) is 44.1 Å². The fourth-order valence-corrected chi connectivity index (χ4v) is 3.43. The minimum Gasteiger partial charge on any atom is -0.497 e. The van der Waals surface area contributed by atoms with Crippen molar-refractivity contribution in [1.82, 2.24) is 19.8 Å². The number of nitrogens with zero attached hydrogens (tertiary/aromatic N) is 4. The number of rotatable bonds is 7. The highest BCUT2D eigenvalue weighted by atomic mass is 16.5. The van der Waals surface area contributed by atoms with E-state index in [2.05, 4.69) is 14.9 Å². The van der Waals surface area contributed by atoms with Crippen molar-refractivity contribution in [2.24, 2.45) is 0 Å². The van der Waals surface area contributed by atoms with E-state index in [4.69, 9.17) is 9.47 Å². The molecule has 1 amide bonds. The van der Waals surface area contributed by atoms with Crippen LogP contribution in [0.3, 0.4) is 0 Å². The van der Waals surface area contributed by atoms with E-state index in [9.17, 15) is 4.79 Å². The summed E-state index contributed by atoms with van der Waals surface area (Å²) in [6, 6.07) is 7.75. The van der Waals surface area contributed by atoms with Gasteiger partial charge in [0.05, 0.1) is 31.6 Å². The molecule has 3 rings (SSSR count). The Bertz CT molecular complexity index is 777. The van der Waals surface area contributed by atoms with Crippen molar-refractivity contribution in [3.63, 3.8) is 0 Å². The molecule has 1 aromatic carbocycles. The summed E-state index contributed by atoms with van der Waals surface area (Å²) >= 11 is 0. The van der Waals surface area contributed by atoms with Crippen molar-refractivity contribution >= 4 is 5.91 Å². The van der Waals surface area contributed by atoms with Gasteiger partial charge in [-0.1, -0.05) is 0 Å². The molecule has 0 saturated carbocycles. The van der Waals surface area contributed by atoms with Crippen molar-refractivity contribution in [3.8, 4) is 17.0 Å². The number of hydrogen-bond donors (Lipinski definition) is 0. The van der Waals surface area contributed by atoms with E-state index >= 15 is 0 Å². The van der Waals surface area contributed by atoms with E-state index in [-0.39, 0.29) is 12.0 Å². The minimum absolute atomic E-state index is 0.153. The van der Waals surface area contributed by atoms with Crippen LogP contribution in [0.25, 0.3) is 11.3 Å². The lowest BCUT2D eigenvalue weighted by Gasteiger charge is -2.33. The largest absolute Gasteiger partial charge is 0.497 e. The summed E-state index contributed by atoms with van der Waals surface area (Å²) in [7, 11) is 1.65. The summed E-state index contributed by atoms with van der Waals surface area (Å²) < 4.78 is 11.2. The normalized spacial score (nSPS) is 17.3. The van der Waals surface area contributed by atoms with Gasteiger partial charge in [0.15, 0.2) is 0 Å². The van der Waals surface area contributed by atoms with Gasteiger partial charge >= 0.3 is 0 Å². The Morgan fingerprint density at radius 1 is 1.21 bits per heavy atom. The van der Waals surface area contributed by atoms with Gasteiger partial charge in [0.25, 0.3) is 0 Å². The smallest absolute Gasteiger partial charge is 0.236 e. The van der Waals surface area contributed by atoms with E-state index in [1.807, 2.05) is 43.0 Å². The maximum absolute atomic E-state index is 12.5. The number of carbonyl (C=O) groups excluding carboxylic acids is 1. The first-order chi connectivity index (χ1) is 13.7. The van der Waals surface area contributed by atoms with Crippen LogP contribution < -0.4 is 4.74 Å². The van der Waals surface area contributed by atoms with Crippen LogP contribution in [0.15, 0.2) is 36.7 Å². The second-order valence-corrected chi connectivity index (χ2v) is 6.68. The molecule has 0 N–H and O–H groups in total. The Balaban J connectivity index is 1.77. The summed E-state index contributed by atoms with van der Waals surface area (Å²) in [5.74, 6) is 0.948. The van der Waals surface area contributed by atoms with Crippen LogP contribution in [-0.4, -0.2) is 72.1 Å². The number of aromatic nitrogens is 2. The Labute approximate surface area is 166 Å². The monoisotopic (exact) mass is 384 g/mol. The number of morpholine rings is 1. The molecule has 7 heteroatoms. The number of benzene rings is 1. The van der Waals surface area contributed by atoms with Gasteiger partial charge in [-0.25, -0.2) is 0 Å². The highest BCUT2D eigenvalue weighted by Crippen LogP contribution is 2.29. The average molecular weight is 384 g/mol. The first kappa shape index (κ1) is 20.2. The van der Waals surface area contributed by atoms with Gasteiger partial charge in [0.2, 0.25) is 5.91 Å². The summed E-state index contributed by atoms with van der Waals surface area (Å²) in [6.07, 6.45) is 3.16. The van der Waals surface area contributed by atoms with Crippen LogP contribution in [-0.2, 0) is 9.53 Å².